The molecule has 2 aromatic carbocycles. The molecule has 142 valence electrons. The molecule has 0 atom stereocenters. The number of carbonyl (C=O) groups excluding carboxylic acids is 2. The number of nitrogens with zero attached hydrogens (tertiary/aromatic N) is 1. The summed E-state index contributed by atoms with van der Waals surface area (Å²) in [5.74, 6) is -0.248. The third-order valence-corrected chi connectivity index (χ3v) is 4.04. The van der Waals surface area contributed by atoms with E-state index in [4.69, 9.17) is 25.8 Å². The van der Waals surface area contributed by atoms with Crippen LogP contribution in [-0.2, 0) is 20.9 Å². The zero-order chi connectivity index (χ0) is 19.9. The van der Waals surface area contributed by atoms with Crippen LogP contribution in [-0.4, -0.2) is 25.3 Å². The number of hydrogen-bond acceptors (Lipinski definition) is 6. The van der Waals surface area contributed by atoms with Crippen LogP contribution in [0.25, 0.3) is 6.08 Å². The van der Waals surface area contributed by atoms with Crippen molar-refractivity contribution < 1.29 is 23.8 Å². The first-order chi connectivity index (χ1) is 13.5. The Kier molecular flexibility index (Phi) is 6.14. The summed E-state index contributed by atoms with van der Waals surface area (Å²) in [4.78, 5) is 23.9. The lowest BCUT2D eigenvalue weighted by molar-refractivity contribution is -0.144. The average molecular weight is 399 g/mol. The number of ether oxygens (including phenoxy) is 3. The lowest BCUT2D eigenvalue weighted by atomic mass is 10.1. The Morgan fingerprint density at radius 2 is 1.93 bits per heavy atom. The van der Waals surface area contributed by atoms with Crippen molar-refractivity contribution in [3.63, 3.8) is 0 Å². The van der Waals surface area contributed by atoms with Crippen LogP contribution >= 0.6 is 11.6 Å². The van der Waals surface area contributed by atoms with Gasteiger partial charge in [0.05, 0.1) is 0 Å². The molecule has 28 heavy (non-hydrogen) atoms. The highest BCUT2D eigenvalue weighted by molar-refractivity contribution is 6.30. The summed E-state index contributed by atoms with van der Waals surface area (Å²) in [6.45, 7) is -0.0982. The minimum absolute atomic E-state index is 0.126. The molecule has 2 aromatic rings. The normalized spacial score (nSPS) is 12.2. The molecular weight excluding hydrogens is 384 g/mol. The number of carbonyl (C=O) groups is 2. The SMILES string of the molecule is N#C/C(=C/c1ccc2c(c1)OCO2)C(=O)OCC(=O)NCc1ccc(Cl)cc1. The van der Waals surface area contributed by atoms with Crippen molar-refractivity contribution in [2.24, 2.45) is 0 Å². The number of benzene rings is 2. The van der Waals surface area contributed by atoms with Gasteiger partial charge in [-0.05, 0) is 41.5 Å². The second-order valence-corrected chi connectivity index (χ2v) is 6.20. The fourth-order valence-electron chi connectivity index (χ4n) is 2.37. The minimum atomic E-state index is -0.887. The zero-order valence-electron chi connectivity index (χ0n) is 14.6. The molecule has 1 aliphatic rings. The van der Waals surface area contributed by atoms with Gasteiger partial charge in [-0.15, -0.1) is 0 Å². The van der Waals surface area contributed by atoms with Crippen molar-refractivity contribution in [1.29, 1.82) is 5.26 Å². The molecule has 0 fully saturated rings. The van der Waals surface area contributed by atoms with Crippen LogP contribution in [0.2, 0.25) is 5.02 Å². The maximum atomic E-state index is 12.1. The lowest BCUT2D eigenvalue weighted by Crippen LogP contribution is -2.28. The van der Waals surface area contributed by atoms with Gasteiger partial charge >= 0.3 is 5.97 Å². The molecule has 7 nitrogen and oxygen atoms in total. The molecule has 3 rings (SSSR count). The topological polar surface area (TPSA) is 97.7 Å². The second-order valence-electron chi connectivity index (χ2n) is 5.76. The van der Waals surface area contributed by atoms with Gasteiger partial charge in [-0.2, -0.15) is 5.26 Å². The molecule has 0 aromatic heterocycles. The standard InChI is InChI=1S/C20H15ClN2O5/c21-16-4-1-13(2-5-16)10-23-19(24)11-26-20(25)15(9-22)7-14-3-6-17-18(8-14)28-12-27-17/h1-8H,10-12H2,(H,23,24)/b15-7-. The lowest BCUT2D eigenvalue weighted by Gasteiger charge is -2.06. The van der Waals surface area contributed by atoms with E-state index < -0.39 is 18.5 Å². The Hall–Kier alpha value is -3.50. The first kappa shape index (κ1) is 19.3. The molecular formula is C20H15ClN2O5. The summed E-state index contributed by atoms with van der Waals surface area (Å²) in [6, 6.07) is 13.7. The van der Waals surface area contributed by atoms with Crippen LogP contribution in [0, 0.1) is 11.3 Å². The van der Waals surface area contributed by atoms with Gasteiger partial charge in [0.1, 0.15) is 11.6 Å². The number of fused-ring (bicyclic) bond motifs is 1. The molecule has 0 aliphatic carbocycles. The number of amides is 1. The molecule has 1 aliphatic heterocycles. The monoisotopic (exact) mass is 398 g/mol. The van der Waals surface area contributed by atoms with E-state index >= 15 is 0 Å². The maximum absolute atomic E-state index is 12.1. The van der Waals surface area contributed by atoms with Gasteiger partial charge in [-0.3, -0.25) is 4.79 Å². The van der Waals surface area contributed by atoms with Crippen molar-refractivity contribution in [3.05, 3.63) is 64.2 Å². The maximum Gasteiger partial charge on any atom is 0.349 e. The highest BCUT2D eigenvalue weighted by Gasteiger charge is 2.16. The van der Waals surface area contributed by atoms with Crippen LogP contribution in [0.5, 0.6) is 11.5 Å². The predicted octanol–water partition coefficient (Wildman–Crippen LogP) is 2.84. The van der Waals surface area contributed by atoms with E-state index in [0.29, 0.717) is 22.1 Å². The largest absolute Gasteiger partial charge is 0.454 e. The fourth-order valence-corrected chi connectivity index (χ4v) is 2.50. The van der Waals surface area contributed by atoms with Gasteiger partial charge in [-0.1, -0.05) is 29.8 Å². The number of halogens is 1. The van der Waals surface area contributed by atoms with Crippen LogP contribution < -0.4 is 14.8 Å². The van der Waals surface area contributed by atoms with Gasteiger partial charge in [-0.25, -0.2) is 4.79 Å². The summed E-state index contributed by atoms with van der Waals surface area (Å²) < 4.78 is 15.4. The average Bonchev–Trinajstić information content (AvgIpc) is 3.17. The summed E-state index contributed by atoms with van der Waals surface area (Å²) >= 11 is 5.80. The van der Waals surface area contributed by atoms with E-state index in [1.54, 1.807) is 48.5 Å². The number of esters is 1. The van der Waals surface area contributed by atoms with Gasteiger partial charge in [0, 0.05) is 11.6 Å². The third kappa shape index (κ3) is 5.02. The van der Waals surface area contributed by atoms with Crippen molar-refractivity contribution >= 4 is 29.6 Å². The Morgan fingerprint density at radius 1 is 1.18 bits per heavy atom. The van der Waals surface area contributed by atoms with E-state index in [1.807, 2.05) is 0 Å². The zero-order valence-corrected chi connectivity index (χ0v) is 15.4. The Balaban J connectivity index is 1.53. The smallest absolute Gasteiger partial charge is 0.349 e. The van der Waals surface area contributed by atoms with E-state index in [0.717, 1.165) is 5.56 Å². The summed E-state index contributed by atoms with van der Waals surface area (Å²) in [5, 5.41) is 12.4. The molecule has 0 unspecified atom stereocenters. The van der Waals surface area contributed by atoms with Gasteiger partial charge in [0.15, 0.2) is 18.1 Å². The highest BCUT2D eigenvalue weighted by Crippen LogP contribution is 2.33. The molecule has 0 saturated heterocycles. The van der Waals surface area contributed by atoms with Crippen LogP contribution in [0.3, 0.4) is 0 Å². The van der Waals surface area contributed by atoms with Crippen LogP contribution in [0.15, 0.2) is 48.0 Å². The Bertz CT molecular complexity index is 964. The first-order valence-corrected chi connectivity index (χ1v) is 8.62. The Morgan fingerprint density at radius 3 is 2.68 bits per heavy atom. The minimum Gasteiger partial charge on any atom is -0.454 e. The number of rotatable bonds is 6. The first-order valence-electron chi connectivity index (χ1n) is 8.25. The molecule has 1 N–H and O–H groups in total. The molecule has 0 radical (unpaired) electrons. The van der Waals surface area contributed by atoms with Gasteiger partial charge in [0.2, 0.25) is 6.79 Å². The predicted molar refractivity (Wildman–Crippen MR) is 100 cm³/mol. The van der Waals surface area contributed by atoms with Crippen molar-refractivity contribution in [3.8, 4) is 17.6 Å². The number of nitriles is 1. The molecule has 1 amide bonds. The van der Waals surface area contributed by atoms with Gasteiger partial charge < -0.3 is 19.5 Å². The van der Waals surface area contributed by atoms with Crippen LogP contribution in [0.4, 0.5) is 0 Å². The molecule has 0 spiro atoms. The number of nitrogens with one attached hydrogen (secondary N) is 1. The van der Waals surface area contributed by atoms with E-state index in [2.05, 4.69) is 5.32 Å². The van der Waals surface area contributed by atoms with Gasteiger partial charge in [0.25, 0.3) is 5.91 Å². The third-order valence-electron chi connectivity index (χ3n) is 3.79. The van der Waals surface area contributed by atoms with Crippen molar-refractivity contribution in [2.75, 3.05) is 13.4 Å². The summed E-state index contributed by atoms with van der Waals surface area (Å²) in [5.41, 5.74) is 1.19. The molecule has 1 heterocycles. The molecule has 0 saturated carbocycles. The fraction of sp³-hybridized carbons (Fsp3) is 0.150. The van der Waals surface area contributed by atoms with Crippen molar-refractivity contribution in [1.82, 2.24) is 5.32 Å². The van der Waals surface area contributed by atoms with E-state index in [9.17, 15) is 14.9 Å². The summed E-state index contributed by atoms with van der Waals surface area (Å²) in [6.07, 6.45) is 1.36. The second kappa shape index (κ2) is 8.93. The quantitative estimate of drug-likeness (QED) is 0.456. The van der Waals surface area contributed by atoms with Crippen molar-refractivity contribution in [2.45, 2.75) is 6.54 Å². The number of hydrogen-bond donors (Lipinski definition) is 1. The highest BCUT2D eigenvalue weighted by atomic mass is 35.5. The van der Waals surface area contributed by atoms with Crippen LogP contribution in [0.1, 0.15) is 11.1 Å². The van der Waals surface area contributed by atoms with E-state index in [-0.39, 0.29) is 18.9 Å². The molecule has 8 heteroatoms. The summed E-state index contributed by atoms with van der Waals surface area (Å²) in [7, 11) is 0. The van der Waals surface area contributed by atoms with E-state index in [1.165, 1.54) is 6.08 Å². The molecule has 0 bridgehead atoms. The Labute approximate surface area is 166 Å².